The lowest BCUT2D eigenvalue weighted by Crippen LogP contribution is -1.88. The monoisotopic (exact) mass is 277 g/mol. The Morgan fingerprint density at radius 3 is 2.47 bits per heavy atom. The second kappa shape index (κ2) is 5.96. The van der Waals surface area contributed by atoms with Gasteiger partial charge in [-0.3, -0.25) is 10.1 Å². The van der Waals surface area contributed by atoms with Crippen molar-refractivity contribution >= 4 is 23.1 Å². The molecule has 0 radical (unpaired) electrons. The van der Waals surface area contributed by atoms with Crippen molar-refractivity contribution in [2.45, 2.75) is 6.54 Å². The van der Waals surface area contributed by atoms with E-state index in [-0.39, 0.29) is 10.8 Å². The number of non-ortho nitro benzene ring substituents is 1. The molecular formula is C11H8ClN5O2. The molecule has 1 aromatic carbocycles. The van der Waals surface area contributed by atoms with Crippen molar-refractivity contribution in [1.82, 2.24) is 10.2 Å². The zero-order chi connectivity index (χ0) is 13.7. The highest BCUT2D eigenvalue weighted by Crippen LogP contribution is 2.14. The van der Waals surface area contributed by atoms with Crippen LogP contribution in [0.15, 0.2) is 46.6 Å². The van der Waals surface area contributed by atoms with Crippen molar-refractivity contribution in [2.75, 3.05) is 0 Å². The number of rotatable bonds is 4. The number of aromatic nitrogens is 2. The van der Waals surface area contributed by atoms with Crippen molar-refractivity contribution in [3.63, 3.8) is 0 Å². The van der Waals surface area contributed by atoms with Crippen LogP contribution in [0, 0.1) is 10.1 Å². The van der Waals surface area contributed by atoms with Crippen molar-refractivity contribution in [2.24, 2.45) is 10.2 Å². The standard InChI is InChI=1S/C11H8ClN5O2/c12-10-5-6-11(16-14-10)15-13-7-8-1-3-9(4-2-8)17(18)19/h1-6H,7H2. The van der Waals surface area contributed by atoms with Gasteiger partial charge >= 0.3 is 0 Å². The first-order valence-corrected chi connectivity index (χ1v) is 5.63. The highest BCUT2D eigenvalue weighted by Gasteiger charge is 2.03. The van der Waals surface area contributed by atoms with Gasteiger partial charge in [0, 0.05) is 12.1 Å². The molecule has 8 heteroatoms. The average Bonchev–Trinajstić information content (AvgIpc) is 2.41. The number of halogens is 1. The minimum atomic E-state index is -0.450. The Balaban J connectivity index is 1.98. The molecule has 0 saturated heterocycles. The van der Waals surface area contributed by atoms with E-state index in [4.69, 9.17) is 11.6 Å². The van der Waals surface area contributed by atoms with Crippen LogP contribution in [0.1, 0.15) is 5.56 Å². The van der Waals surface area contributed by atoms with E-state index in [1.165, 1.54) is 12.1 Å². The smallest absolute Gasteiger partial charge is 0.258 e. The normalized spacial score (nSPS) is 10.8. The summed E-state index contributed by atoms with van der Waals surface area (Å²) in [4.78, 5) is 10.0. The lowest BCUT2D eigenvalue weighted by atomic mass is 10.2. The predicted octanol–water partition coefficient (Wildman–Crippen LogP) is 3.32. The van der Waals surface area contributed by atoms with Gasteiger partial charge in [0.1, 0.15) is 0 Å². The fourth-order valence-electron chi connectivity index (χ4n) is 1.27. The number of hydrogen-bond acceptors (Lipinski definition) is 6. The molecule has 2 rings (SSSR count). The number of nitrogens with zero attached hydrogens (tertiary/aromatic N) is 5. The number of azo groups is 1. The Bertz CT molecular complexity index is 597. The third kappa shape index (κ3) is 3.78. The summed E-state index contributed by atoms with van der Waals surface area (Å²) in [6.07, 6.45) is 0. The molecule has 1 heterocycles. The maximum absolute atomic E-state index is 10.5. The zero-order valence-electron chi connectivity index (χ0n) is 9.60. The summed E-state index contributed by atoms with van der Waals surface area (Å²) in [6.45, 7) is 0.308. The maximum Gasteiger partial charge on any atom is 0.269 e. The van der Waals surface area contributed by atoms with Crippen molar-refractivity contribution < 1.29 is 4.92 Å². The third-order valence-corrected chi connectivity index (χ3v) is 2.39. The highest BCUT2D eigenvalue weighted by molar-refractivity contribution is 6.29. The molecule has 0 amide bonds. The Kier molecular flexibility index (Phi) is 4.09. The molecule has 0 saturated carbocycles. The van der Waals surface area contributed by atoms with E-state index in [1.54, 1.807) is 24.3 Å². The summed E-state index contributed by atoms with van der Waals surface area (Å²) >= 11 is 5.58. The molecular weight excluding hydrogens is 270 g/mol. The molecule has 0 N–H and O–H groups in total. The van der Waals surface area contributed by atoms with Gasteiger partial charge in [0.15, 0.2) is 11.0 Å². The van der Waals surface area contributed by atoms with E-state index in [1.807, 2.05) is 0 Å². The molecule has 0 unspecified atom stereocenters. The van der Waals surface area contributed by atoms with Crippen LogP contribution in [0.4, 0.5) is 11.5 Å². The van der Waals surface area contributed by atoms with Crippen molar-refractivity contribution in [3.8, 4) is 0 Å². The quantitative estimate of drug-likeness (QED) is 0.486. The van der Waals surface area contributed by atoms with Crippen LogP contribution >= 0.6 is 11.6 Å². The highest BCUT2D eigenvalue weighted by atomic mass is 35.5. The minimum Gasteiger partial charge on any atom is -0.258 e. The Morgan fingerprint density at radius 2 is 1.89 bits per heavy atom. The van der Waals surface area contributed by atoms with Gasteiger partial charge in [0.2, 0.25) is 0 Å². The molecule has 2 aromatic rings. The van der Waals surface area contributed by atoms with Crippen LogP contribution in [0.3, 0.4) is 0 Å². The lowest BCUT2D eigenvalue weighted by molar-refractivity contribution is -0.384. The van der Waals surface area contributed by atoms with E-state index in [0.717, 1.165) is 5.56 Å². The first-order chi connectivity index (χ1) is 9.15. The Labute approximate surface area is 113 Å². The van der Waals surface area contributed by atoms with Gasteiger partial charge in [-0.25, -0.2) is 0 Å². The van der Waals surface area contributed by atoms with Gasteiger partial charge in [-0.15, -0.1) is 15.3 Å². The number of nitro benzene ring substituents is 1. The molecule has 0 aliphatic heterocycles. The molecule has 0 atom stereocenters. The van der Waals surface area contributed by atoms with Crippen LogP contribution in [0.25, 0.3) is 0 Å². The van der Waals surface area contributed by atoms with Crippen LogP contribution in [0.2, 0.25) is 5.15 Å². The number of nitro groups is 1. The molecule has 0 aliphatic rings. The molecule has 96 valence electrons. The molecule has 0 bridgehead atoms. The lowest BCUT2D eigenvalue weighted by Gasteiger charge is -1.95. The van der Waals surface area contributed by atoms with Gasteiger partial charge in [0.05, 0.1) is 11.5 Å². The fourth-order valence-corrected chi connectivity index (χ4v) is 1.38. The van der Waals surface area contributed by atoms with Gasteiger partial charge in [-0.05, 0) is 17.7 Å². The largest absolute Gasteiger partial charge is 0.269 e. The minimum absolute atomic E-state index is 0.0456. The summed E-state index contributed by atoms with van der Waals surface area (Å²) in [6, 6.07) is 9.26. The summed E-state index contributed by atoms with van der Waals surface area (Å²) in [5.41, 5.74) is 0.862. The van der Waals surface area contributed by atoms with Crippen LogP contribution in [-0.4, -0.2) is 15.1 Å². The van der Waals surface area contributed by atoms with Gasteiger partial charge in [-0.1, -0.05) is 23.7 Å². The maximum atomic E-state index is 10.5. The van der Waals surface area contributed by atoms with E-state index in [9.17, 15) is 10.1 Å². The van der Waals surface area contributed by atoms with Crippen molar-refractivity contribution in [3.05, 3.63) is 57.2 Å². The molecule has 19 heavy (non-hydrogen) atoms. The van der Waals surface area contributed by atoms with Crippen LogP contribution in [0.5, 0.6) is 0 Å². The zero-order valence-corrected chi connectivity index (χ0v) is 10.4. The third-order valence-electron chi connectivity index (χ3n) is 2.19. The van der Waals surface area contributed by atoms with Crippen molar-refractivity contribution in [1.29, 1.82) is 0 Å². The number of hydrogen-bond donors (Lipinski definition) is 0. The molecule has 0 fully saturated rings. The first kappa shape index (κ1) is 13.0. The Morgan fingerprint density at radius 1 is 1.16 bits per heavy atom. The SMILES string of the molecule is O=[N+]([O-])c1ccc(CN=Nc2ccc(Cl)nn2)cc1. The molecule has 1 aromatic heterocycles. The molecule has 0 spiro atoms. The van der Waals surface area contributed by atoms with E-state index in [0.29, 0.717) is 12.4 Å². The van der Waals surface area contributed by atoms with E-state index >= 15 is 0 Å². The first-order valence-electron chi connectivity index (χ1n) is 5.25. The summed E-state index contributed by atoms with van der Waals surface area (Å²) in [5, 5.41) is 25.9. The van der Waals surface area contributed by atoms with Crippen LogP contribution < -0.4 is 0 Å². The van der Waals surface area contributed by atoms with E-state index < -0.39 is 4.92 Å². The summed E-state index contributed by atoms with van der Waals surface area (Å²) in [5.74, 6) is 0.353. The summed E-state index contributed by atoms with van der Waals surface area (Å²) in [7, 11) is 0. The van der Waals surface area contributed by atoms with Crippen LogP contribution in [-0.2, 0) is 6.54 Å². The van der Waals surface area contributed by atoms with E-state index in [2.05, 4.69) is 20.4 Å². The second-order valence-electron chi connectivity index (χ2n) is 3.54. The fraction of sp³-hybridized carbons (Fsp3) is 0.0909. The van der Waals surface area contributed by atoms with Gasteiger partial charge in [0.25, 0.3) is 5.69 Å². The Hall–Kier alpha value is -2.41. The molecule has 0 aliphatic carbocycles. The van der Waals surface area contributed by atoms with Gasteiger partial charge < -0.3 is 0 Å². The number of benzene rings is 1. The topological polar surface area (TPSA) is 93.6 Å². The van der Waals surface area contributed by atoms with Gasteiger partial charge in [-0.2, -0.15) is 5.11 Å². The average molecular weight is 278 g/mol. The predicted molar refractivity (Wildman–Crippen MR) is 68.4 cm³/mol. The second-order valence-corrected chi connectivity index (χ2v) is 3.92. The summed E-state index contributed by atoms with van der Waals surface area (Å²) < 4.78 is 0. The molecule has 7 nitrogen and oxygen atoms in total.